The maximum absolute atomic E-state index is 12.4. The predicted molar refractivity (Wildman–Crippen MR) is 91.9 cm³/mol. The summed E-state index contributed by atoms with van der Waals surface area (Å²) in [7, 11) is 0. The van der Waals surface area contributed by atoms with Gasteiger partial charge in [0.15, 0.2) is 0 Å². The third-order valence-corrected chi connectivity index (χ3v) is 3.74. The number of hydrogen-bond donors (Lipinski definition) is 2. The normalized spacial score (nSPS) is 10.8. The molecule has 7 heteroatoms. The van der Waals surface area contributed by atoms with Gasteiger partial charge in [0.05, 0.1) is 23.1 Å². The van der Waals surface area contributed by atoms with Gasteiger partial charge in [-0.25, -0.2) is 4.68 Å². The first-order valence-electron chi connectivity index (χ1n) is 7.74. The highest BCUT2D eigenvalue weighted by Crippen LogP contribution is 2.24. The molecule has 1 aromatic carbocycles. The van der Waals surface area contributed by atoms with Gasteiger partial charge in [-0.3, -0.25) is 9.59 Å². The van der Waals surface area contributed by atoms with Crippen LogP contribution in [0.3, 0.4) is 0 Å². The number of hydrogen-bond acceptors (Lipinski definition) is 3. The van der Waals surface area contributed by atoms with Crippen molar-refractivity contribution >= 4 is 23.5 Å². The zero-order valence-electron chi connectivity index (χ0n) is 13.6. The number of carboxylic acid groups (broad SMARTS) is 1. The summed E-state index contributed by atoms with van der Waals surface area (Å²) in [5, 5.41) is 16.3. The number of nitrogens with one attached hydrogen (secondary N) is 1. The van der Waals surface area contributed by atoms with Crippen LogP contribution in [0.1, 0.15) is 48.7 Å². The van der Waals surface area contributed by atoms with Crippen LogP contribution in [0.4, 0.5) is 0 Å². The summed E-state index contributed by atoms with van der Waals surface area (Å²) < 4.78 is 1.71. The van der Waals surface area contributed by atoms with E-state index in [0.717, 1.165) is 11.4 Å². The lowest BCUT2D eigenvalue weighted by Gasteiger charge is -2.13. The minimum atomic E-state index is -0.874. The van der Waals surface area contributed by atoms with Crippen LogP contribution in [-0.4, -0.2) is 33.3 Å². The fourth-order valence-electron chi connectivity index (χ4n) is 2.44. The molecule has 2 N–H and O–H groups in total. The molecule has 6 nitrogen and oxygen atoms in total. The lowest BCUT2D eigenvalue weighted by atomic mass is 10.0. The van der Waals surface area contributed by atoms with E-state index in [4.69, 9.17) is 16.7 Å². The molecule has 1 aromatic heterocycles. The fourth-order valence-corrected chi connectivity index (χ4v) is 2.62. The van der Waals surface area contributed by atoms with Crippen molar-refractivity contribution in [3.63, 3.8) is 0 Å². The number of benzene rings is 1. The molecule has 0 unspecified atom stereocenters. The van der Waals surface area contributed by atoms with Gasteiger partial charge in [-0.05, 0) is 30.5 Å². The first kappa shape index (κ1) is 18.0. The topological polar surface area (TPSA) is 84.2 Å². The average molecular weight is 350 g/mol. The number of rotatable bonds is 7. The fraction of sp³-hybridized carbons (Fsp3) is 0.353. The molecule has 0 aliphatic rings. The second-order valence-electron chi connectivity index (χ2n) is 5.74. The van der Waals surface area contributed by atoms with Crippen LogP contribution in [0.15, 0.2) is 30.5 Å². The number of carbonyl (C=O) groups excluding carboxylic acids is 1. The van der Waals surface area contributed by atoms with E-state index in [1.807, 2.05) is 26.0 Å². The molecule has 128 valence electrons. The van der Waals surface area contributed by atoms with Crippen LogP contribution < -0.4 is 5.32 Å². The molecule has 2 aromatic rings. The minimum Gasteiger partial charge on any atom is -0.481 e. The lowest BCUT2D eigenvalue weighted by molar-refractivity contribution is -0.137. The Labute approximate surface area is 145 Å². The van der Waals surface area contributed by atoms with Crippen molar-refractivity contribution in [1.29, 1.82) is 0 Å². The number of amides is 1. The molecule has 0 aliphatic carbocycles. The van der Waals surface area contributed by atoms with Crippen molar-refractivity contribution in [1.82, 2.24) is 15.1 Å². The van der Waals surface area contributed by atoms with Gasteiger partial charge in [0.1, 0.15) is 0 Å². The van der Waals surface area contributed by atoms with Crippen molar-refractivity contribution in [2.24, 2.45) is 0 Å². The van der Waals surface area contributed by atoms with Crippen LogP contribution in [-0.2, 0) is 4.79 Å². The number of aromatic nitrogens is 2. The Morgan fingerprint density at radius 2 is 2.12 bits per heavy atom. The van der Waals surface area contributed by atoms with Crippen LogP contribution in [0.25, 0.3) is 5.69 Å². The number of carbonyl (C=O) groups is 2. The van der Waals surface area contributed by atoms with Gasteiger partial charge >= 0.3 is 5.97 Å². The highest BCUT2D eigenvalue weighted by atomic mass is 35.5. The van der Waals surface area contributed by atoms with E-state index >= 15 is 0 Å². The average Bonchev–Trinajstić information content (AvgIpc) is 2.96. The highest BCUT2D eigenvalue weighted by Gasteiger charge is 2.20. The van der Waals surface area contributed by atoms with Gasteiger partial charge in [0.25, 0.3) is 5.91 Å². The van der Waals surface area contributed by atoms with Crippen molar-refractivity contribution in [2.75, 3.05) is 6.54 Å². The maximum atomic E-state index is 12.4. The van der Waals surface area contributed by atoms with E-state index in [1.54, 1.807) is 16.8 Å². The molecule has 1 amide bonds. The van der Waals surface area contributed by atoms with Crippen LogP contribution in [0.2, 0.25) is 5.02 Å². The Kier molecular flexibility index (Phi) is 5.98. The van der Waals surface area contributed by atoms with Crippen molar-refractivity contribution in [3.05, 3.63) is 46.7 Å². The predicted octanol–water partition coefficient (Wildman–Crippen LogP) is 3.24. The smallest absolute Gasteiger partial charge is 0.303 e. The Balaban J connectivity index is 2.22. The molecule has 0 fully saturated rings. The first-order chi connectivity index (χ1) is 11.4. The summed E-state index contributed by atoms with van der Waals surface area (Å²) in [6.45, 7) is 4.28. The summed E-state index contributed by atoms with van der Waals surface area (Å²) in [6, 6.07) is 7.27. The summed E-state index contributed by atoms with van der Waals surface area (Å²) in [4.78, 5) is 22.9. The first-order valence-corrected chi connectivity index (χ1v) is 8.11. The number of nitrogens with zero attached hydrogens (tertiary/aromatic N) is 2. The molecule has 0 aliphatic heterocycles. The Hall–Kier alpha value is -2.34. The number of aliphatic carboxylic acids is 1. The Morgan fingerprint density at radius 3 is 2.75 bits per heavy atom. The molecule has 0 saturated heterocycles. The van der Waals surface area contributed by atoms with Crippen molar-refractivity contribution in [3.8, 4) is 5.69 Å². The summed E-state index contributed by atoms with van der Waals surface area (Å²) in [6.07, 6.45) is 1.95. The van der Waals surface area contributed by atoms with Gasteiger partial charge in [-0.1, -0.05) is 31.5 Å². The molecule has 0 atom stereocenters. The van der Waals surface area contributed by atoms with Crippen LogP contribution >= 0.6 is 11.6 Å². The van der Waals surface area contributed by atoms with E-state index in [1.165, 1.54) is 6.20 Å². The molecule has 0 bridgehead atoms. The lowest BCUT2D eigenvalue weighted by Crippen LogP contribution is -2.26. The Morgan fingerprint density at radius 1 is 1.38 bits per heavy atom. The number of carboxylic acids is 1. The van der Waals surface area contributed by atoms with E-state index in [2.05, 4.69) is 10.4 Å². The molecule has 1 heterocycles. The Bertz CT molecular complexity index is 740. The van der Waals surface area contributed by atoms with Gasteiger partial charge in [-0.15, -0.1) is 0 Å². The molecule has 0 radical (unpaired) electrons. The molecule has 2 rings (SSSR count). The second-order valence-corrected chi connectivity index (χ2v) is 6.18. The molecule has 0 saturated carbocycles. The second kappa shape index (κ2) is 7.97. The third kappa shape index (κ3) is 4.35. The maximum Gasteiger partial charge on any atom is 0.303 e. The molecule has 24 heavy (non-hydrogen) atoms. The molecule has 0 spiro atoms. The third-order valence-electron chi connectivity index (χ3n) is 3.50. The standard InChI is InChI=1S/C17H20ClN3O3/c1-11(2)16-14(17(24)19-8-4-7-15(22)23)10-20-21(16)13-6-3-5-12(18)9-13/h3,5-6,9-11H,4,7-8H2,1-2H3,(H,19,24)(H,22,23). The quantitative estimate of drug-likeness (QED) is 0.751. The largest absolute Gasteiger partial charge is 0.481 e. The zero-order valence-corrected chi connectivity index (χ0v) is 14.4. The number of halogens is 1. The summed E-state index contributed by atoms with van der Waals surface area (Å²) >= 11 is 6.04. The summed E-state index contributed by atoms with van der Waals surface area (Å²) in [5.74, 6) is -1.05. The summed E-state index contributed by atoms with van der Waals surface area (Å²) in [5.41, 5.74) is 2.06. The van der Waals surface area contributed by atoms with E-state index < -0.39 is 5.97 Å². The van der Waals surface area contributed by atoms with Crippen LogP contribution in [0, 0.1) is 0 Å². The SMILES string of the molecule is CC(C)c1c(C(=O)NCCCC(=O)O)cnn1-c1cccc(Cl)c1. The van der Waals surface area contributed by atoms with Gasteiger partial charge < -0.3 is 10.4 Å². The monoisotopic (exact) mass is 349 g/mol. The van der Waals surface area contributed by atoms with Crippen LogP contribution in [0.5, 0.6) is 0 Å². The van der Waals surface area contributed by atoms with E-state index in [-0.39, 0.29) is 18.2 Å². The van der Waals surface area contributed by atoms with Gasteiger partial charge in [0.2, 0.25) is 0 Å². The van der Waals surface area contributed by atoms with Gasteiger partial charge in [-0.2, -0.15) is 5.10 Å². The van der Waals surface area contributed by atoms with E-state index in [9.17, 15) is 9.59 Å². The molecular weight excluding hydrogens is 330 g/mol. The van der Waals surface area contributed by atoms with E-state index in [0.29, 0.717) is 23.6 Å². The minimum absolute atomic E-state index is 0.0269. The van der Waals surface area contributed by atoms with Gasteiger partial charge in [0, 0.05) is 18.0 Å². The molecular formula is C17H20ClN3O3. The van der Waals surface area contributed by atoms with Crippen molar-refractivity contribution < 1.29 is 14.7 Å². The van der Waals surface area contributed by atoms with Crippen molar-refractivity contribution in [2.45, 2.75) is 32.6 Å². The highest BCUT2D eigenvalue weighted by molar-refractivity contribution is 6.30. The zero-order chi connectivity index (χ0) is 17.7.